The minimum atomic E-state index is -3.23. The average molecular weight is 534 g/mol. The van der Waals surface area contributed by atoms with Gasteiger partial charge < -0.3 is 10.1 Å². The molecule has 1 unspecified atom stereocenters. The summed E-state index contributed by atoms with van der Waals surface area (Å²) in [6.45, 7) is 2.49. The lowest BCUT2D eigenvalue weighted by Crippen LogP contribution is -2.46. The predicted molar refractivity (Wildman–Crippen MR) is 134 cm³/mol. The number of sulfonamides is 1. The third-order valence-corrected chi connectivity index (χ3v) is 7.80. The number of halogens is 2. The Hall–Kier alpha value is -2.92. The Morgan fingerprint density at radius 2 is 1.89 bits per heavy atom. The van der Waals surface area contributed by atoms with Gasteiger partial charge in [-0.3, -0.25) is 9.69 Å². The van der Waals surface area contributed by atoms with Gasteiger partial charge in [-0.05, 0) is 48.7 Å². The third-order valence-electron chi connectivity index (χ3n) is 5.94. The SMILES string of the molecule is CC1Oc2nc(Nc3ccc4c(c3)CCN(S(C)(=O)=O)C4)ncc2C(=O)N1c1c(Cl)cccc1Cl. The van der Waals surface area contributed by atoms with Crippen molar-refractivity contribution in [2.24, 2.45) is 0 Å². The quantitative estimate of drug-likeness (QED) is 0.534. The Kier molecular flexibility index (Phi) is 6.08. The minimum absolute atomic E-state index is 0.154. The summed E-state index contributed by atoms with van der Waals surface area (Å²) < 4.78 is 31.1. The zero-order valence-electron chi connectivity index (χ0n) is 18.8. The predicted octanol–water partition coefficient (Wildman–Crippen LogP) is 4.23. The molecule has 35 heavy (non-hydrogen) atoms. The van der Waals surface area contributed by atoms with Crippen molar-refractivity contribution < 1.29 is 17.9 Å². The van der Waals surface area contributed by atoms with Crippen LogP contribution in [0.2, 0.25) is 10.0 Å². The molecule has 3 aromatic rings. The van der Waals surface area contributed by atoms with Crippen molar-refractivity contribution in [1.82, 2.24) is 14.3 Å². The van der Waals surface area contributed by atoms with Gasteiger partial charge in [0, 0.05) is 25.0 Å². The van der Waals surface area contributed by atoms with E-state index >= 15 is 0 Å². The lowest BCUT2D eigenvalue weighted by molar-refractivity contribution is 0.0867. The zero-order valence-corrected chi connectivity index (χ0v) is 21.2. The van der Waals surface area contributed by atoms with Crippen molar-refractivity contribution in [3.8, 4) is 5.88 Å². The van der Waals surface area contributed by atoms with E-state index < -0.39 is 16.3 Å². The topological polar surface area (TPSA) is 105 Å². The summed E-state index contributed by atoms with van der Waals surface area (Å²) in [5.74, 6) is 0.0483. The number of hydrogen-bond donors (Lipinski definition) is 1. The van der Waals surface area contributed by atoms with E-state index in [0.29, 0.717) is 35.2 Å². The highest BCUT2D eigenvalue weighted by Crippen LogP contribution is 2.39. The van der Waals surface area contributed by atoms with Crippen molar-refractivity contribution >= 4 is 56.5 Å². The van der Waals surface area contributed by atoms with E-state index in [1.54, 1.807) is 25.1 Å². The number of nitrogens with one attached hydrogen (secondary N) is 1. The summed E-state index contributed by atoms with van der Waals surface area (Å²) in [5, 5.41) is 3.79. The number of amides is 1. The van der Waals surface area contributed by atoms with Crippen LogP contribution in [0.1, 0.15) is 28.4 Å². The number of anilines is 3. The highest BCUT2D eigenvalue weighted by Gasteiger charge is 2.36. The number of aromatic nitrogens is 2. The first-order valence-electron chi connectivity index (χ1n) is 10.8. The molecule has 1 aromatic heterocycles. The molecule has 182 valence electrons. The number of nitrogens with zero attached hydrogens (tertiary/aromatic N) is 4. The van der Waals surface area contributed by atoms with Crippen LogP contribution in [-0.4, -0.2) is 47.6 Å². The molecule has 5 rings (SSSR count). The second-order valence-corrected chi connectivity index (χ2v) is 11.1. The van der Waals surface area contributed by atoms with Crippen LogP contribution in [0.15, 0.2) is 42.6 Å². The fourth-order valence-electron chi connectivity index (χ4n) is 4.19. The molecule has 0 saturated heterocycles. The van der Waals surface area contributed by atoms with Gasteiger partial charge in [-0.1, -0.05) is 35.3 Å². The first-order chi connectivity index (χ1) is 16.6. The van der Waals surface area contributed by atoms with Crippen molar-refractivity contribution in [3.63, 3.8) is 0 Å². The first-order valence-corrected chi connectivity index (χ1v) is 13.4. The smallest absolute Gasteiger partial charge is 0.268 e. The maximum Gasteiger partial charge on any atom is 0.268 e. The minimum Gasteiger partial charge on any atom is -0.453 e. The zero-order chi connectivity index (χ0) is 24.9. The summed E-state index contributed by atoms with van der Waals surface area (Å²) in [6, 6.07) is 10.7. The van der Waals surface area contributed by atoms with Crippen LogP contribution < -0.4 is 15.0 Å². The molecule has 2 aliphatic rings. The average Bonchev–Trinajstić information content (AvgIpc) is 2.79. The van der Waals surface area contributed by atoms with Crippen LogP contribution in [0.3, 0.4) is 0 Å². The second-order valence-electron chi connectivity index (χ2n) is 8.33. The van der Waals surface area contributed by atoms with Gasteiger partial charge in [0.05, 0.1) is 22.0 Å². The summed E-state index contributed by atoms with van der Waals surface area (Å²) in [7, 11) is -3.23. The fourth-order valence-corrected chi connectivity index (χ4v) is 5.57. The van der Waals surface area contributed by atoms with Gasteiger partial charge in [0.2, 0.25) is 21.9 Å². The van der Waals surface area contributed by atoms with Crippen molar-refractivity contribution in [3.05, 3.63) is 69.3 Å². The van der Waals surface area contributed by atoms with Crippen LogP contribution in [-0.2, 0) is 23.0 Å². The molecule has 2 aliphatic heterocycles. The van der Waals surface area contributed by atoms with Crippen LogP contribution in [0.5, 0.6) is 5.88 Å². The van der Waals surface area contributed by atoms with Crippen molar-refractivity contribution in [2.75, 3.05) is 23.0 Å². The van der Waals surface area contributed by atoms with E-state index in [0.717, 1.165) is 16.8 Å². The van der Waals surface area contributed by atoms with Crippen LogP contribution in [0, 0.1) is 0 Å². The molecule has 0 radical (unpaired) electrons. The summed E-state index contributed by atoms with van der Waals surface area (Å²) in [6.07, 6.45) is 2.53. The number of carbonyl (C=O) groups excluding carboxylic acids is 1. The van der Waals surface area contributed by atoms with Gasteiger partial charge in [-0.2, -0.15) is 9.29 Å². The van der Waals surface area contributed by atoms with E-state index in [-0.39, 0.29) is 23.3 Å². The largest absolute Gasteiger partial charge is 0.453 e. The first kappa shape index (κ1) is 23.8. The molecular formula is C23H21Cl2N5O4S. The molecule has 1 N–H and O–H groups in total. The third kappa shape index (κ3) is 4.54. The van der Waals surface area contributed by atoms with E-state index in [2.05, 4.69) is 15.3 Å². The van der Waals surface area contributed by atoms with Crippen LogP contribution >= 0.6 is 23.2 Å². The van der Waals surface area contributed by atoms with E-state index in [9.17, 15) is 13.2 Å². The Labute approximate surface area is 212 Å². The van der Waals surface area contributed by atoms with Gasteiger partial charge >= 0.3 is 0 Å². The number of benzene rings is 2. The Balaban J connectivity index is 1.38. The molecule has 0 aliphatic carbocycles. The lowest BCUT2D eigenvalue weighted by Gasteiger charge is -2.34. The number of hydrogen-bond acceptors (Lipinski definition) is 7. The van der Waals surface area contributed by atoms with Gasteiger partial charge in [-0.15, -0.1) is 0 Å². The van der Waals surface area contributed by atoms with Crippen molar-refractivity contribution in [2.45, 2.75) is 26.1 Å². The standard InChI is InChI=1S/C23H21Cl2N5O4S/c1-13-30(20-18(24)4-3-5-19(20)25)22(31)17-11-26-23(28-21(17)34-13)27-16-7-6-15-12-29(35(2,32)33)9-8-14(15)10-16/h3-7,10-11,13H,8-9,12H2,1-2H3,(H,26,27,28). The molecule has 0 fully saturated rings. The van der Waals surface area contributed by atoms with Gasteiger partial charge in [0.25, 0.3) is 5.91 Å². The van der Waals surface area contributed by atoms with E-state index in [1.165, 1.54) is 21.7 Å². The maximum atomic E-state index is 13.2. The van der Waals surface area contributed by atoms with Crippen LogP contribution in [0.4, 0.5) is 17.3 Å². The van der Waals surface area contributed by atoms with Gasteiger partial charge in [0.1, 0.15) is 5.56 Å². The van der Waals surface area contributed by atoms with Crippen LogP contribution in [0.25, 0.3) is 0 Å². The fraction of sp³-hybridized carbons (Fsp3) is 0.261. The Bertz CT molecular complexity index is 1430. The molecule has 1 amide bonds. The molecule has 12 heteroatoms. The van der Waals surface area contributed by atoms with Gasteiger partial charge in [0.15, 0.2) is 6.23 Å². The summed E-state index contributed by atoms with van der Waals surface area (Å²) in [5.41, 5.74) is 3.32. The number of rotatable bonds is 4. The maximum absolute atomic E-state index is 13.2. The molecule has 3 heterocycles. The molecule has 0 spiro atoms. The molecular weight excluding hydrogens is 513 g/mol. The Morgan fingerprint density at radius 3 is 2.60 bits per heavy atom. The molecule has 0 saturated carbocycles. The Morgan fingerprint density at radius 1 is 1.14 bits per heavy atom. The molecule has 0 bridgehead atoms. The van der Waals surface area contributed by atoms with E-state index in [4.69, 9.17) is 27.9 Å². The molecule has 2 aromatic carbocycles. The summed E-state index contributed by atoms with van der Waals surface area (Å²) >= 11 is 12.6. The molecule has 9 nitrogen and oxygen atoms in total. The van der Waals surface area contributed by atoms with Crippen molar-refractivity contribution in [1.29, 1.82) is 0 Å². The lowest BCUT2D eigenvalue weighted by atomic mass is 10.0. The van der Waals surface area contributed by atoms with E-state index in [1.807, 2.05) is 18.2 Å². The number of para-hydroxylation sites is 1. The van der Waals surface area contributed by atoms with Gasteiger partial charge in [-0.25, -0.2) is 13.4 Å². The monoisotopic (exact) mass is 533 g/mol. The summed E-state index contributed by atoms with van der Waals surface area (Å²) in [4.78, 5) is 23.3. The number of fused-ring (bicyclic) bond motifs is 2. The highest BCUT2D eigenvalue weighted by atomic mass is 35.5. The second kappa shape index (κ2) is 8.94. The molecule has 1 atom stereocenters. The number of ether oxygens (including phenoxy) is 1. The normalized spacial score (nSPS) is 18.0. The highest BCUT2D eigenvalue weighted by molar-refractivity contribution is 7.88. The number of carbonyl (C=O) groups is 1.